The first-order chi connectivity index (χ1) is 28.0. The molecule has 3 atom stereocenters. The highest BCUT2D eigenvalue weighted by Crippen LogP contribution is 2.40. The van der Waals surface area contributed by atoms with Crippen molar-refractivity contribution in [2.45, 2.75) is 137 Å². The highest BCUT2D eigenvalue weighted by Gasteiger charge is 2.26. The highest BCUT2D eigenvalue weighted by molar-refractivity contribution is 5.79. The zero-order chi connectivity index (χ0) is 41.5. The molecule has 1 aliphatic rings. The monoisotopic (exact) mass is 771 g/mol. The molecule has 0 amide bonds. The van der Waals surface area contributed by atoms with Gasteiger partial charge in [-0.1, -0.05) is 148 Å². The van der Waals surface area contributed by atoms with Crippen molar-refractivity contribution in [2.75, 3.05) is 9.80 Å². The van der Waals surface area contributed by atoms with Crippen molar-refractivity contribution in [3.8, 4) is 11.1 Å². The van der Waals surface area contributed by atoms with Gasteiger partial charge in [-0.15, -0.1) is 0 Å². The molecule has 0 aliphatic heterocycles. The van der Waals surface area contributed by atoms with Crippen molar-refractivity contribution in [3.05, 3.63) is 162 Å². The molecule has 5 aromatic rings. The van der Waals surface area contributed by atoms with Crippen LogP contribution in [0.1, 0.15) is 137 Å². The molecule has 0 fully saturated rings. The Labute approximate surface area is 352 Å². The number of rotatable bonds is 17. The Morgan fingerprint density at radius 3 is 1.26 bits per heavy atom. The second-order valence-corrected chi connectivity index (χ2v) is 17.5. The van der Waals surface area contributed by atoms with Gasteiger partial charge in [0.05, 0.1) is 6.04 Å². The molecular formula is C56H70N2. The predicted octanol–water partition coefficient (Wildman–Crippen LogP) is 16.9. The molecule has 0 saturated heterocycles. The summed E-state index contributed by atoms with van der Waals surface area (Å²) in [4.78, 5) is 4.93. The third kappa shape index (κ3) is 9.07. The van der Waals surface area contributed by atoms with Gasteiger partial charge in [0.15, 0.2) is 0 Å². The topological polar surface area (TPSA) is 6.48 Å². The Morgan fingerprint density at radius 2 is 0.879 bits per heavy atom. The van der Waals surface area contributed by atoms with Gasteiger partial charge in [0.25, 0.3) is 0 Å². The molecule has 0 aromatic heterocycles. The average Bonchev–Trinajstić information content (AvgIpc) is 3.29. The van der Waals surface area contributed by atoms with E-state index < -0.39 is 0 Å². The third-order valence-corrected chi connectivity index (χ3v) is 14.3. The first-order valence-electron chi connectivity index (χ1n) is 22.5. The van der Waals surface area contributed by atoms with Crippen LogP contribution in [0.15, 0.2) is 145 Å². The Kier molecular flexibility index (Phi) is 13.9. The molecule has 2 nitrogen and oxygen atoms in total. The van der Waals surface area contributed by atoms with Gasteiger partial charge in [0.2, 0.25) is 0 Å². The lowest BCUT2D eigenvalue weighted by atomic mass is 9.78. The molecule has 2 heteroatoms. The zero-order valence-corrected chi connectivity index (χ0v) is 37.4. The van der Waals surface area contributed by atoms with Gasteiger partial charge in [0.1, 0.15) is 0 Å². The fraction of sp³-hybridized carbons (Fsp3) is 0.393. The molecule has 6 rings (SSSR count). The molecule has 0 spiro atoms. The minimum atomic E-state index is 0.187. The Hall–Kier alpha value is -4.82. The summed E-state index contributed by atoms with van der Waals surface area (Å²) in [5, 5.41) is 0. The number of hydrogen-bond acceptors (Lipinski definition) is 2. The van der Waals surface area contributed by atoms with Crippen LogP contribution in [-0.4, -0.2) is 6.04 Å². The molecule has 0 saturated carbocycles. The van der Waals surface area contributed by atoms with Crippen molar-refractivity contribution in [3.63, 3.8) is 0 Å². The normalized spacial score (nSPS) is 15.5. The van der Waals surface area contributed by atoms with Gasteiger partial charge in [-0.05, 0) is 162 Å². The Balaban J connectivity index is 1.31. The summed E-state index contributed by atoms with van der Waals surface area (Å²) in [6.07, 6.45) is 15.1. The van der Waals surface area contributed by atoms with Crippen molar-refractivity contribution >= 4 is 28.4 Å². The average molecular weight is 771 g/mol. The van der Waals surface area contributed by atoms with Gasteiger partial charge in [0, 0.05) is 28.4 Å². The number of anilines is 5. The second-order valence-electron chi connectivity index (χ2n) is 17.5. The summed E-state index contributed by atoms with van der Waals surface area (Å²) >= 11 is 0. The maximum absolute atomic E-state index is 2.53. The SMILES string of the molecule is CCC(C)C1=CCC(N(c2ccc(-c3ccc(N(c4ccc(C(C)CC)cc4)c4ccc(C(C)(CC)CC)cc4)cc3)cc2)c2ccc(C(C)(CC)CC)cc2)C=C1. The molecule has 1 aliphatic carbocycles. The molecule has 0 radical (unpaired) electrons. The maximum atomic E-state index is 2.53. The van der Waals surface area contributed by atoms with E-state index in [-0.39, 0.29) is 16.9 Å². The van der Waals surface area contributed by atoms with Gasteiger partial charge in [-0.3, -0.25) is 0 Å². The second kappa shape index (κ2) is 18.8. The van der Waals surface area contributed by atoms with Gasteiger partial charge < -0.3 is 9.80 Å². The quantitative estimate of drug-likeness (QED) is 0.0929. The summed E-state index contributed by atoms with van der Waals surface area (Å²) in [6.45, 7) is 23.2. The molecule has 0 bridgehead atoms. The lowest BCUT2D eigenvalue weighted by Gasteiger charge is -2.35. The molecule has 304 valence electrons. The smallest absolute Gasteiger partial charge is 0.0560 e. The van der Waals surface area contributed by atoms with Crippen LogP contribution in [0.5, 0.6) is 0 Å². The van der Waals surface area contributed by atoms with Gasteiger partial charge >= 0.3 is 0 Å². The van der Waals surface area contributed by atoms with E-state index in [4.69, 9.17) is 0 Å². The third-order valence-electron chi connectivity index (χ3n) is 14.3. The summed E-state index contributed by atoms with van der Waals surface area (Å²) in [5.41, 5.74) is 14.5. The zero-order valence-electron chi connectivity index (χ0n) is 37.4. The largest absolute Gasteiger partial charge is 0.334 e. The van der Waals surface area contributed by atoms with Crippen LogP contribution >= 0.6 is 0 Å². The summed E-state index contributed by atoms with van der Waals surface area (Å²) < 4.78 is 0. The van der Waals surface area contributed by atoms with Crippen LogP contribution in [0.2, 0.25) is 0 Å². The van der Waals surface area contributed by atoms with E-state index in [1.165, 1.54) is 56.1 Å². The first kappa shape index (κ1) is 42.8. The molecule has 0 N–H and O–H groups in total. The fourth-order valence-corrected chi connectivity index (χ4v) is 8.56. The predicted molar refractivity (Wildman–Crippen MR) is 255 cm³/mol. The van der Waals surface area contributed by atoms with Crippen molar-refractivity contribution in [1.29, 1.82) is 0 Å². The van der Waals surface area contributed by atoms with Gasteiger partial charge in [-0.2, -0.15) is 0 Å². The van der Waals surface area contributed by atoms with E-state index in [1.54, 1.807) is 0 Å². The molecule has 3 unspecified atom stereocenters. The van der Waals surface area contributed by atoms with Crippen molar-refractivity contribution in [1.82, 2.24) is 0 Å². The van der Waals surface area contributed by atoms with Crippen LogP contribution in [-0.2, 0) is 10.8 Å². The standard InChI is InChI=1S/C56H70N2/c1-11-41(7)43-17-29-49(30-18-43)57(53-37-25-47(26-38-53)55(9,13-3)14-4)51-33-21-45(22-34-51)46-23-35-52(36-24-46)58(50-31-19-44(20-32-50)42(8)12-2)54-39-27-48(28-40-54)56(10,15-5)16-6/h17-31,33-42,50H,11-16,32H2,1-10H3. The minimum absolute atomic E-state index is 0.187. The van der Waals surface area contributed by atoms with Crippen LogP contribution in [0, 0.1) is 5.92 Å². The van der Waals surface area contributed by atoms with Crippen molar-refractivity contribution < 1.29 is 0 Å². The minimum Gasteiger partial charge on any atom is -0.334 e. The van der Waals surface area contributed by atoms with E-state index in [0.29, 0.717) is 11.8 Å². The molecule has 5 aromatic carbocycles. The van der Waals surface area contributed by atoms with E-state index in [0.717, 1.165) is 50.6 Å². The van der Waals surface area contributed by atoms with Crippen molar-refractivity contribution in [2.24, 2.45) is 5.92 Å². The highest BCUT2D eigenvalue weighted by atomic mass is 15.2. The summed E-state index contributed by atoms with van der Waals surface area (Å²) in [5.74, 6) is 1.13. The molecule has 58 heavy (non-hydrogen) atoms. The molecule has 0 heterocycles. The number of benzene rings is 5. The number of allylic oxidation sites excluding steroid dienone is 2. The number of nitrogens with zero attached hydrogens (tertiary/aromatic N) is 2. The summed E-state index contributed by atoms with van der Waals surface area (Å²) in [6, 6.07) is 46.5. The fourth-order valence-electron chi connectivity index (χ4n) is 8.56. The van der Waals surface area contributed by atoms with E-state index in [9.17, 15) is 0 Å². The van der Waals surface area contributed by atoms with E-state index >= 15 is 0 Å². The lowest BCUT2D eigenvalue weighted by Crippen LogP contribution is -2.30. The van der Waals surface area contributed by atoms with Crippen LogP contribution in [0.4, 0.5) is 28.4 Å². The number of hydrogen-bond donors (Lipinski definition) is 0. The lowest BCUT2D eigenvalue weighted by molar-refractivity contribution is 0.439. The summed E-state index contributed by atoms with van der Waals surface area (Å²) in [7, 11) is 0. The van der Waals surface area contributed by atoms with E-state index in [2.05, 4.69) is 219 Å². The Bertz CT molecular complexity index is 2090. The first-order valence-corrected chi connectivity index (χ1v) is 22.5. The maximum Gasteiger partial charge on any atom is 0.0560 e. The van der Waals surface area contributed by atoms with Crippen LogP contribution in [0.3, 0.4) is 0 Å². The van der Waals surface area contributed by atoms with Crippen LogP contribution in [0.25, 0.3) is 11.1 Å². The van der Waals surface area contributed by atoms with E-state index in [1.807, 2.05) is 0 Å². The molecular weight excluding hydrogens is 701 g/mol. The van der Waals surface area contributed by atoms with Gasteiger partial charge in [-0.25, -0.2) is 0 Å². The Morgan fingerprint density at radius 1 is 0.500 bits per heavy atom. The van der Waals surface area contributed by atoms with Crippen LogP contribution < -0.4 is 9.80 Å².